The minimum atomic E-state index is 0.369. The van der Waals surface area contributed by atoms with Crippen molar-refractivity contribution >= 4 is 0 Å². The van der Waals surface area contributed by atoms with E-state index >= 15 is 0 Å². The highest BCUT2D eigenvalue weighted by Gasteiger charge is 2.22. The second-order valence-corrected chi connectivity index (χ2v) is 4.88. The lowest BCUT2D eigenvalue weighted by Crippen LogP contribution is -2.28. The maximum absolute atomic E-state index is 5.63. The second-order valence-electron chi connectivity index (χ2n) is 4.88. The van der Waals surface area contributed by atoms with E-state index in [-0.39, 0.29) is 0 Å². The molecule has 3 unspecified atom stereocenters. The van der Waals surface area contributed by atoms with Gasteiger partial charge in [-0.2, -0.15) is 0 Å². The molecular formula is C14H30O2. The van der Waals surface area contributed by atoms with Crippen molar-refractivity contribution in [3.8, 4) is 0 Å². The minimum Gasteiger partial charge on any atom is -0.384 e. The molecule has 3 atom stereocenters. The Bertz CT molecular complexity index is 148. The van der Waals surface area contributed by atoms with Crippen molar-refractivity contribution in [2.24, 2.45) is 11.8 Å². The lowest BCUT2D eigenvalue weighted by molar-refractivity contribution is -0.000890. The van der Waals surface area contributed by atoms with Crippen molar-refractivity contribution in [2.45, 2.75) is 59.0 Å². The van der Waals surface area contributed by atoms with Crippen LogP contribution >= 0.6 is 0 Å². The van der Waals surface area contributed by atoms with E-state index in [9.17, 15) is 0 Å². The first-order valence-corrected chi connectivity index (χ1v) is 6.71. The highest BCUT2D eigenvalue weighted by Crippen LogP contribution is 2.23. The number of methoxy groups -OCH3 is 2. The molecule has 0 spiro atoms. The summed E-state index contributed by atoms with van der Waals surface area (Å²) in [6.07, 6.45) is 6.48. The monoisotopic (exact) mass is 230 g/mol. The zero-order valence-electron chi connectivity index (χ0n) is 11.8. The second kappa shape index (κ2) is 10.1. The van der Waals surface area contributed by atoms with Crippen LogP contribution in [0.15, 0.2) is 0 Å². The molecule has 0 rings (SSSR count). The molecule has 0 aliphatic rings. The molecule has 0 aromatic rings. The van der Waals surface area contributed by atoms with Crippen LogP contribution in [0.25, 0.3) is 0 Å². The van der Waals surface area contributed by atoms with Crippen LogP contribution in [-0.2, 0) is 9.47 Å². The van der Waals surface area contributed by atoms with Crippen LogP contribution in [0.1, 0.15) is 52.9 Å². The van der Waals surface area contributed by atoms with Gasteiger partial charge < -0.3 is 9.47 Å². The van der Waals surface area contributed by atoms with Crippen LogP contribution in [-0.4, -0.2) is 26.9 Å². The number of ether oxygens (including phenoxy) is 2. The van der Waals surface area contributed by atoms with Gasteiger partial charge in [-0.3, -0.25) is 0 Å². The van der Waals surface area contributed by atoms with Crippen LogP contribution < -0.4 is 0 Å². The lowest BCUT2D eigenvalue weighted by atomic mass is 9.88. The number of unbranched alkanes of at least 4 members (excludes halogenated alkanes) is 1. The molecule has 0 radical (unpaired) electrons. The number of hydrogen-bond acceptors (Lipinski definition) is 2. The summed E-state index contributed by atoms with van der Waals surface area (Å²) in [5.41, 5.74) is 0. The first-order chi connectivity index (χ1) is 7.69. The summed E-state index contributed by atoms with van der Waals surface area (Å²) >= 11 is 0. The third-order valence-corrected chi connectivity index (χ3v) is 3.45. The molecule has 0 heterocycles. The molecule has 0 aromatic carbocycles. The van der Waals surface area contributed by atoms with Gasteiger partial charge in [0.05, 0.1) is 12.7 Å². The van der Waals surface area contributed by atoms with Gasteiger partial charge in [0, 0.05) is 20.1 Å². The summed E-state index contributed by atoms with van der Waals surface area (Å²) in [5.74, 6) is 1.32. The maximum atomic E-state index is 5.63. The first kappa shape index (κ1) is 15.9. The normalized spacial score (nSPS) is 17.1. The van der Waals surface area contributed by atoms with E-state index in [0.29, 0.717) is 12.0 Å². The average Bonchev–Trinajstić information content (AvgIpc) is 2.30. The Morgan fingerprint density at radius 2 is 1.81 bits per heavy atom. The van der Waals surface area contributed by atoms with Crippen molar-refractivity contribution < 1.29 is 9.47 Å². The Morgan fingerprint density at radius 3 is 2.25 bits per heavy atom. The van der Waals surface area contributed by atoms with Crippen molar-refractivity contribution in [3.05, 3.63) is 0 Å². The number of rotatable bonds is 10. The predicted molar refractivity (Wildman–Crippen MR) is 69.8 cm³/mol. The molecule has 0 aliphatic heterocycles. The van der Waals surface area contributed by atoms with Crippen LogP contribution in [0.4, 0.5) is 0 Å². The van der Waals surface area contributed by atoms with Crippen LogP contribution in [0.5, 0.6) is 0 Å². The van der Waals surface area contributed by atoms with Crippen molar-refractivity contribution in [2.75, 3.05) is 20.8 Å². The third-order valence-electron chi connectivity index (χ3n) is 3.45. The van der Waals surface area contributed by atoms with Crippen molar-refractivity contribution in [1.29, 1.82) is 0 Å². The lowest BCUT2D eigenvalue weighted by Gasteiger charge is -2.27. The molecule has 0 saturated heterocycles. The van der Waals surface area contributed by atoms with Crippen molar-refractivity contribution in [3.63, 3.8) is 0 Å². The zero-order valence-corrected chi connectivity index (χ0v) is 11.8. The van der Waals surface area contributed by atoms with Gasteiger partial charge in [0.1, 0.15) is 0 Å². The molecule has 0 N–H and O–H groups in total. The fourth-order valence-electron chi connectivity index (χ4n) is 2.18. The van der Waals surface area contributed by atoms with Gasteiger partial charge in [-0.15, -0.1) is 0 Å². The van der Waals surface area contributed by atoms with E-state index in [1.54, 1.807) is 7.11 Å². The summed E-state index contributed by atoms with van der Waals surface area (Å²) in [6, 6.07) is 0. The van der Waals surface area contributed by atoms with Gasteiger partial charge in [-0.1, -0.05) is 40.0 Å². The molecule has 0 fully saturated rings. The van der Waals surface area contributed by atoms with Crippen LogP contribution in [0.3, 0.4) is 0 Å². The summed E-state index contributed by atoms with van der Waals surface area (Å²) in [4.78, 5) is 0. The predicted octanol–water partition coefficient (Wildman–Crippen LogP) is 3.89. The molecule has 0 amide bonds. The fraction of sp³-hybridized carbons (Fsp3) is 1.00. The van der Waals surface area contributed by atoms with E-state index in [2.05, 4.69) is 20.8 Å². The summed E-state index contributed by atoms with van der Waals surface area (Å²) in [5, 5.41) is 0. The highest BCUT2D eigenvalue weighted by molar-refractivity contribution is 4.72. The van der Waals surface area contributed by atoms with Crippen LogP contribution in [0.2, 0.25) is 0 Å². The molecule has 98 valence electrons. The van der Waals surface area contributed by atoms with Gasteiger partial charge in [0.25, 0.3) is 0 Å². The quantitative estimate of drug-likeness (QED) is 0.567. The Hall–Kier alpha value is -0.0800. The third kappa shape index (κ3) is 6.49. The summed E-state index contributed by atoms with van der Waals surface area (Å²) in [6.45, 7) is 7.62. The largest absolute Gasteiger partial charge is 0.384 e. The van der Waals surface area contributed by atoms with E-state index in [0.717, 1.165) is 18.9 Å². The van der Waals surface area contributed by atoms with Gasteiger partial charge >= 0.3 is 0 Å². The van der Waals surface area contributed by atoms with Gasteiger partial charge in [0.2, 0.25) is 0 Å². The summed E-state index contributed by atoms with van der Waals surface area (Å²) in [7, 11) is 3.62. The molecule has 2 heteroatoms. The standard InChI is InChI=1S/C14H30O2/c1-6-8-9-14(16-5)13(11-15-4)10-12(3)7-2/h12-14H,6-11H2,1-5H3. The van der Waals surface area contributed by atoms with Gasteiger partial charge in [-0.05, 0) is 18.8 Å². The minimum absolute atomic E-state index is 0.369. The molecule has 0 saturated carbocycles. The van der Waals surface area contributed by atoms with E-state index in [1.165, 1.54) is 25.7 Å². The molecule has 2 nitrogen and oxygen atoms in total. The fourth-order valence-corrected chi connectivity index (χ4v) is 2.18. The van der Waals surface area contributed by atoms with Gasteiger partial charge in [0.15, 0.2) is 0 Å². The summed E-state index contributed by atoms with van der Waals surface area (Å²) < 4.78 is 11.0. The molecular weight excluding hydrogens is 200 g/mol. The topological polar surface area (TPSA) is 18.5 Å². The van der Waals surface area contributed by atoms with E-state index < -0.39 is 0 Å². The van der Waals surface area contributed by atoms with Crippen molar-refractivity contribution in [1.82, 2.24) is 0 Å². The highest BCUT2D eigenvalue weighted by atomic mass is 16.5. The van der Waals surface area contributed by atoms with E-state index in [1.807, 2.05) is 7.11 Å². The molecule has 0 aliphatic carbocycles. The van der Waals surface area contributed by atoms with Crippen LogP contribution in [0, 0.1) is 11.8 Å². The van der Waals surface area contributed by atoms with Gasteiger partial charge in [-0.25, -0.2) is 0 Å². The smallest absolute Gasteiger partial charge is 0.0621 e. The molecule has 0 bridgehead atoms. The maximum Gasteiger partial charge on any atom is 0.0621 e. The Labute approximate surface area is 102 Å². The zero-order chi connectivity index (χ0) is 12.4. The average molecular weight is 230 g/mol. The molecule has 0 aromatic heterocycles. The Morgan fingerprint density at radius 1 is 1.12 bits per heavy atom. The first-order valence-electron chi connectivity index (χ1n) is 6.71. The van der Waals surface area contributed by atoms with E-state index in [4.69, 9.17) is 9.47 Å². The Balaban J connectivity index is 4.21. The Kier molecular flexibility index (Phi) is 10.0. The number of hydrogen-bond donors (Lipinski definition) is 0. The molecule has 16 heavy (non-hydrogen) atoms. The SMILES string of the molecule is CCCCC(OC)C(COC)CC(C)CC.